The third-order valence-corrected chi connectivity index (χ3v) is 5.46. The Kier molecular flexibility index (Phi) is 6.10. The molecule has 0 saturated heterocycles. The fourth-order valence-electron chi connectivity index (χ4n) is 3.90. The summed E-state index contributed by atoms with van der Waals surface area (Å²) in [6, 6.07) is 20.4. The molecule has 0 radical (unpaired) electrons. The van der Waals surface area contributed by atoms with Crippen molar-refractivity contribution in [2.45, 2.75) is 19.1 Å². The third kappa shape index (κ3) is 4.07. The predicted octanol–water partition coefficient (Wildman–Crippen LogP) is 4.53. The fourth-order valence-corrected chi connectivity index (χ4v) is 3.90. The average Bonchev–Trinajstić information content (AvgIpc) is 2.81. The first-order chi connectivity index (χ1) is 14.7. The molecule has 5 heteroatoms. The minimum absolute atomic E-state index is 0.0469. The maximum Gasteiger partial charge on any atom is 0.161 e. The van der Waals surface area contributed by atoms with Crippen molar-refractivity contribution in [3.05, 3.63) is 82.9 Å². The maximum atomic E-state index is 6.01. The molecule has 0 fully saturated rings. The lowest BCUT2D eigenvalue weighted by atomic mass is 9.89. The quantitative estimate of drug-likeness (QED) is 0.626. The van der Waals surface area contributed by atoms with Gasteiger partial charge in [0.25, 0.3) is 0 Å². The molecule has 1 atom stereocenters. The van der Waals surface area contributed by atoms with Crippen molar-refractivity contribution in [3.63, 3.8) is 0 Å². The predicted molar refractivity (Wildman–Crippen MR) is 117 cm³/mol. The van der Waals surface area contributed by atoms with Crippen LogP contribution in [0.4, 0.5) is 0 Å². The van der Waals surface area contributed by atoms with Crippen molar-refractivity contribution in [1.29, 1.82) is 0 Å². The van der Waals surface area contributed by atoms with Gasteiger partial charge in [-0.2, -0.15) is 0 Å². The normalized spacial score (nSPS) is 15.2. The molecule has 1 aliphatic heterocycles. The molecule has 0 spiro atoms. The molecule has 1 heterocycles. The first-order valence-electron chi connectivity index (χ1n) is 10.1. The zero-order valence-corrected chi connectivity index (χ0v) is 17.6. The van der Waals surface area contributed by atoms with E-state index in [1.54, 1.807) is 21.3 Å². The molecule has 0 bridgehead atoms. The van der Waals surface area contributed by atoms with Gasteiger partial charge in [-0.1, -0.05) is 36.4 Å². The summed E-state index contributed by atoms with van der Waals surface area (Å²) < 4.78 is 22.7. The highest BCUT2D eigenvalue weighted by Crippen LogP contribution is 2.39. The van der Waals surface area contributed by atoms with Gasteiger partial charge in [-0.05, 0) is 52.9 Å². The summed E-state index contributed by atoms with van der Waals surface area (Å²) in [5, 5.41) is 3.62. The van der Waals surface area contributed by atoms with E-state index in [9.17, 15) is 0 Å². The summed E-state index contributed by atoms with van der Waals surface area (Å²) in [5.41, 5.74) is 4.69. The van der Waals surface area contributed by atoms with E-state index in [1.807, 2.05) is 42.5 Å². The van der Waals surface area contributed by atoms with Crippen LogP contribution in [0.5, 0.6) is 23.0 Å². The molecule has 0 aromatic heterocycles. The number of ether oxygens (including phenoxy) is 4. The van der Waals surface area contributed by atoms with Crippen molar-refractivity contribution in [3.8, 4) is 23.0 Å². The van der Waals surface area contributed by atoms with E-state index in [0.717, 1.165) is 47.1 Å². The van der Waals surface area contributed by atoms with Gasteiger partial charge < -0.3 is 24.3 Å². The second kappa shape index (κ2) is 9.09. The van der Waals surface area contributed by atoms with Gasteiger partial charge in [0.05, 0.1) is 27.4 Å². The number of hydrogen-bond acceptors (Lipinski definition) is 5. The van der Waals surface area contributed by atoms with Crippen LogP contribution in [0.1, 0.15) is 28.3 Å². The molecule has 0 saturated carbocycles. The van der Waals surface area contributed by atoms with Gasteiger partial charge >= 0.3 is 0 Å². The standard InChI is InChI=1S/C25H27NO4/c1-27-22-14-19(9-10-21(22)30-16-17-7-5-4-6-8-17)25-20-15-24(29-3)23(28-2)13-18(20)11-12-26-25/h4-10,13-15,25-26H,11-12,16H2,1-3H3. The van der Waals surface area contributed by atoms with Crippen molar-refractivity contribution in [2.24, 2.45) is 0 Å². The highest BCUT2D eigenvalue weighted by molar-refractivity contribution is 5.53. The van der Waals surface area contributed by atoms with Gasteiger partial charge in [0.2, 0.25) is 0 Å². The molecule has 30 heavy (non-hydrogen) atoms. The molecule has 1 N–H and O–H groups in total. The molecule has 4 rings (SSSR count). The number of benzene rings is 3. The summed E-state index contributed by atoms with van der Waals surface area (Å²) in [5.74, 6) is 2.95. The minimum atomic E-state index is 0.0469. The summed E-state index contributed by atoms with van der Waals surface area (Å²) in [6.07, 6.45) is 0.946. The topological polar surface area (TPSA) is 49.0 Å². The Balaban J connectivity index is 1.62. The highest BCUT2D eigenvalue weighted by Gasteiger charge is 2.25. The van der Waals surface area contributed by atoms with E-state index in [0.29, 0.717) is 6.61 Å². The molecule has 1 unspecified atom stereocenters. The Morgan fingerprint density at radius 3 is 2.23 bits per heavy atom. The minimum Gasteiger partial charge on any atom is -0.493 e. The van der Waals surface area contributed by atoms with Crippen molar-refractivity contribution in [2.75, 3.05) is 27.9 Å². The van der Waals surface area contributed by atoms with Crippen LogP contribution in [0.25, 0.3) is 0 Å². The maximum absolute atomic E-state index is 6.01. The number of nitrogens with one attached hydrogen (secondary N) is 1. The molecule has 3 aromatic rings. The summed E-state index contributed by atoms with van der Waals surface area (Å²) >= 11 is 0. The second-order valence-corrected chi connectivity index (χ2v) is 7.23. The van der Waals surface area contributed by atoms with E-state index in [1.165, 1.54) is 11.1 Å². The smallest absolute Gasteiger partial charge is 0.161 e. The number of rotatable bonds is 7. The van der Waals surface area contributed by atoms with Crippen molar-refractivity contribution < 1.29 is 18.9 Å². The van der Waals surface area contributed by atoms with Gasteiger partial charge in [0, 0.05) is 6.54 Å². The first-order valence-corrected chi connectivity index (χ1v) is 10.1. The lowest BCUT2D eigenvalue weighted by molar-refractivity contribution is 0.284. The first kappa shape index (κ1) is 20.1. The van der Waals surface area contributed by atoms with Crippen LogP contribution < -0.4 is 24.3 Å². The van der Waals surface area contributed by atoms with Crippen LogP contribution in [0, 0.1) is 0 Å². The molecule has 0 amide bonds. The van der Waals surface area contributed by atoms with Gasteiger partial charge in [0.1, 0.15) is 6.61 Å². The van der Waals surface area contributed by atoms with Gasteiger partial charge in [-0.25, -0.2) is 0 Å². The Morgan fingerprint density at radius 2 is 1.50 bits per heavy atom. The van der Waals surface area contributed by atoms with Crippen molar-refractivity contribution in [1.82, 2.24) is 5.32 Å². The molecular formula is C25H27NO4. The monoisotopic (exact) mass is 405 g/mol. The second-order valence-electron chi connectivity index (χ2n) is 7.23. The number of methoxy groups -OCH3 is 3. The molecular weight excluding hydrogens is 378 g/mol. The van der Waals surface area contributed by atoms with E-state index in [2.05, 4.69) is 23.5 Å². The van der Waals surface area contributed by atoms with Crippen LogP contribution in [0.15, 0.2) is 60.7 Å². The fraction of sp³-hybridized carbons (Fsp3) is 0.280. The van der Waals surface area contributed by atoms with Gasteiger partial charge in [0.15, 0.2) is 23.0 Å². The molecule has 5 nitrogen and oxygen atoms in total. The van der Waals surface area contributed by atoms with Crippen LogP contribution in [0.2, 0.25) is 0 Å². The lowest BCUT2D eigenvalue weighted by Crippen LogP contribution is -2.30. The number of hydrogen-bond donors (Lipinski definition) is 1. The van der Waals surface area contributed by atoms with Gasteiger partial charge in [-0.3, -0.25) is 0 Å². The molecule has 1 aliphatic rings. The van der Waals surface area contributed by atoms with Crippen molar-refractivity contribution >= 4 is 0 Å². The van der Waals surface area contributed by atoms with E-state index in [-0.39, 0.29) is 6.04 Å². The molecule has 156 valence electrons. The Morgan fingerprint density at radius 1 is 0.800 bits per heavy atom. The van der Waals surface area contributed by atoms with Crippen LogP contribution in [0.3, 0.4) is 0 Å². The van der Waals surface area contributed by atoms with E-state index < -0.39 is 0 Å². The van der Waals surface area contributed by atoms with Crippen LogP contribution in [-0.4, -0.2) is 27.9 Å². The summed E-state index contributed by atoms with van der Waals surface area (Å²) in [7, 11) is 5.00. The largest absolute Gasteiger partial charge is 0.493 e. The average molecular weight is 405 g/mol. The zero-order valence-electron chi connectivity index (χ0n) is 17.6. The lowest BCUT2D eigenvalue weighted by Gasteiger charge is -2.29. The van der Waals surface area contributed by atoms with E-state index >= 15 is 0 Å². The van der Waals surface area contributed by atoms with Crippen LogP contribution in [-0.2, 0) is 13.0 Å². The summed E-state index contributed by atoms with van der Waals surface area (Å²) in [6.45, 7) is 1.39. The van der Waals surface area contributed by atoms with E-state index in [4.69, 9.17) is 18.9 Å². The summed E-state index contributed by atoms with van der Waals surface area (Å²) in [4.78, 5) is 0. The Bertz CT molecular complexity index is 1000. The Labute approximate surface area is 177 Å². The molecule has 3 aromatic carbocycles. The Hall–Kier alpha value is -3.18. The SMILES string of the molecule is COc1cc2c(cc1OC)C(c1ccc(OCc3ccccc3)c(OC)c1)NCC2. The zero-order chi connectivity index (χ0) is 20.9. The highest BCUT2D eigenvalue weighted by atomic mass is 16.5. The molecule has 0 aliphatic carbocycles. The third-order valence-electron chi connectivity index (χ3n) is 5.46. The number of fused-ring (bicyclic) bond motifs is 1. The van der Waals surface area contributed by atoms with Crippen LogP contribution >= 0.6 is 0 Å². The van der Waals surface area contributed by atoms with Gasteiger partial charge in [-0.15, -0.1) is 0 Å².